The van der Waals surface area contributed by atoms with Crippen molar-refractivity contribution in [3.05, 3.63) is 352 Å². The number of rotatable bonds is 9. The lowest BCUT2D eigenvalue weighted by Gasteiger charge is -2.15. The molecule has 0 radical (unpaired) electrons. The zero-order valence-corrected chi connectivity index (χ0v) is 57.0. The molecule has 0 spiro atoms. The van der Waals surface area contributed by atoms with Crippen molar-refractivity contribution in [1.29, 1.82) is 0 Å². The van der Waals surface area contributed by atoms with Gasteiger partial charge >= 0.3 is 0 Å². The summed E-state index contributed by atoms with van der Waals surface area (Å²) in [6.07, 6.45) is 1.82. The molecular formula is C96H58N10. The van der Waals surface area contributed by atoms with Gasteiger partial charge in [-0.1, -0.05) is 285 Å². The number of hydrogen-bond donors (Lipinski definition) is 0. The Kier molecular flexibility index (Phi) is 15.0. The first kappa shape index (κ1) is 61.4. The Balaban J connectivity index is 0.000000141. The largest absolute Gasteiger partial charge is 0.254 e. The van der Waals surface area contributed by atoms with Crippen LogP contribution in [0.2, 0.25) is 0 Å². The summed E-state index contributed by atoms with van der Waals surface area (Å²) in [7, 11) is 0. The quantitative estimate of drug-likeness (QED) is 0.129. The third-order valence-corrected chi connectivity index (χ3v) is 20.1. The lowest BCUT2D eigenvalue weighted by molar-refractivity contribution is 1.30. The number of nitrogens with zero attached hydrogens (tertiary/aromatic N) is 10. The van der Waals surface area contributed by atoms with Gasteiger partial charge in [0.05, 0.1) is 106 Å². The van der Waals surface area contributed by atoms with E-state index in [0.717, 1.165) is 210 Å². The third kappa shape index (κ3) is 10.9. The minimum absolute atomic E-state index is 0.842. The summed E-state index contributed by atoms with van der Waals surface area (Å²) in [4.78, 5) is 52.0. The molecule has 8 heterocycles. The van der Waals surface area contributed by atoms with Gasteiger partial charge < -0.3 is 0 Å². The molecule has 106 heavy (non-hydrogen) atoms. The number of pyridine rings is 6. The minimum atomic E-state index is 0.842. The third-order valence-electron chi connectivity index (χ3n) is 20.1. The van der Waals surface area contributed by atoms with Crippen molar-refractivity contribution in [2.24, 2.45) is 0 Å². The van der Waals surface area contributed by atoms with Gasteiger partial charge in [0.2, 0.25) is 0 Å². The Bertz CT molecular complexity index is 7030. The highest BCUT2D eigenvalue weighted by atomic mass is 14.9. The number of aromatic nitrogens is 10. The van der Waals surface area contributed by atoms with Crippen molar-refractivity contribution in [3.63, 3.8) is 0 Å². The molecule has 10 nitrogen and oxygen atoms in total. The topological polar surface area (TPSA) is 129 Å². The second-order valence-electron chi connectivity index (χ2n) is 26.5. The van der Waals surface area contributed by atoms with Gasteiger partial charge in [-0.15, -0.1) is 0 Å². The van der Waals surface area contributed by atoms with Crippen LogP contribution in [0.1, 0.15) is 0 Å². The summed E-state index contributed by atoms with van der Waals surface area (Å²) >= 11 is 0. The molecule has 0 bridgehead atoms. The molecule has 10 heteroatoms. The van der Waals surface area contributed by atoms with Crippen LogP contribution in [0.15, 0.2) is 352 Å². The van der Waals surface area contributed by atoms with E-state index in [9.17, 15) is 0 Å². The van der Waals surface area contributed by atoms with Crippen LogP contribution in [0, 0.1) is 0 Å². The molecule has 0 unspecified atom stereocenters. The number of benzene rings is 13. The monoisotopic (exact) mass is 1350 g/mol. The van der Waals surface area contributed by atoms with E-state index in [1.54, 1.807) is 0 Å². The fraction of sp³-hybridized carbons (Fsp3) is 0. The van der Waals surface area contributed by atoms with Crippen LogP contribution in [0.5, 0.6) is 0 Å². The zero-order chi connectivity index (χ0) is 70.0. The van der Waals surface area contributed by atoms with Crippen molar-refractivity contribution in [3.8, 4) is 101 Å². The van der Waals surface area contributed by atoms with Crippen LogP contribution < -0.4 is 0 Å². The molecule has 0 atom stereocenters. The molecule has 0 aliphatic heterocycles. The first-order valence-electron chi connectivity index (χ1n) is 35.4. The van der Waals surface area contributed by atoms with E-state index in [1.807, 2.05) is 103 Å². The molecule has 21 aromatic rings. The van der Waals surface area contributed by atoms with Crippen LogP contribution >= 0.6 is 0 Å². The normalized spacial score (nSPS) is 11.6. The van der Waals surface area contributed by atoms with Crippen molar-refractivity contribution < 1.29 is 0 Å². The van der Waals surface area contributed by atoms with Crippen molar-refractivity contribution >= 4 is 109 Å². The Morgan fingerprint density at radius 2 is 0.443 bits per heavy atom. The van der Waals surface area contributed by atoms with E-state index in [2.05, 4.69) is 254 Å². The molecule has 0 saturated carbocycles. The molecule has 492 valence electrons. The molecule has 0 amide bonds. The average Bonchev–Trinajstić information content (AvgIpc) is 0.737. The number of hydrogen-bond acceptors (Lipinski definition) is 10. The smallest absolute Gasteiger partial charge is 0.0980 e. The molecule has 8 aromatic heterocycles. The Morgan fingerprint density at radius 3 is 0.840 bits per heavy atom. The maximum atomic E-state index is 5.45. The molecule has 0 aliphatic rings. The summed E-state index contributed by atoms with van der Waals surface area (Å²) in [6, 6.07) is 119. The summed E-state index contributed by atoms with van der Waals surface area (Å²) in [5, 5.41) is 10.5. The van der Waals surface area contributed by atoms with E-state index in [4.69, 9.17) is 44.9 Å². The van der Waals surface area contributed by atoms with Gasteiger partial charge in [0, 0.05) is 110 Å². The van der Waals surface area contributed by atoms with Gasteiger partial charge in [-0.05, 0) is 60.7 Å². The maximum Gasteiger partial charge on any atom is 0.0980 e. The number of fused-ring (bicyclic) bond motifs is 16. The highest BCUT2D eigenvalue weighted by Gasteiger charge is 2.22. The van der Waals surface area contributed by atoms with E-state index in [-0.39, 0.29) is 0 Å². The number of para-hydroxylation sites is 2. The second kappa shape index (κ2) is 25.8. The van der Waals surface area contributed by atoms with Crippen LogP contribution in [-0.4, -0.2) is 49.8 Å². The Morgan fingerprint density at radius 1 is 0.151 bits per heavy atom. The standard InChI is InChI=1S/C51H31N5.C45H27N5/c1-4-12-32(13-5-1)41-29-26-37-24-25-38-27-30-42(53-49(38)48(37)52-41)33-20-22-36(23-21-33)46-40-28-31-44-51(45(40)39-18-10-11-19-43(39)54-46)56-50(35-16-8-3-9-17-35)47(55-44)34-14-6-2-7-15-34;1-3-10-29(11-4-1)43-44(30-12-5-2-6-13-30)50-45-38(49-43)26-24-35-39(45)34-15-7-8-16-37(34)48-40(35)32-19-17-28(18-20-32)36-25-23-33-22-21-31-14-9-27-46-41(31)42(33)47-36/h1-31H;1-27H. The first-order valence-corrected chi connectivity index (χ1v) is 35.4. The van der Waals surface area contributed by atoms with E-state index >= 15 is 0 Å². The minimum Gasteiger partial charge on any atom is -0.254 e. The Labute approximate surface area is 608 Å². The van der Waals surface area contributed by atoms with Crippen molar-refractivity contribution in [2.75, 3.05) is 0 Å². The first-order chi connectivity index (χ1) is 52.5. The molecule has 13 aromatic carbocycles. The lowest BCUT2D eigenvalue weighted by Crippen LogP contribution is -1.98. The second-order valence-corrected chi connectivity index (χ2v) is 26.5. The molecule has 0 fully saturated rings. The average molecular weight is 1350 g/mol. The van der Waals surface area contributed by atoms with Gasteiger partial charge in [0.1, 0.15) is 0 Å². The van der Waals surface area contributed by atoms with Gasteiger partial charge in [-0.25, -0.2) is 44.9 Å². The van der Waals surface area contributed by atoms with Gasteiger partial charge in [-0.2, -0.15) is 0 Å². The fourth-order valence-electron chi connectivity index (χ4n) is 14.9. The van der Waals surface area contributed by atoms with Gasteiger partial charge in [0.15, 0.2) is 0 Å². The lowest BCUT2D eigenvalue weighted by atomic mass is 9.97. The summed E-state index contributed by atoms with van der Waals surface area (Å²) in [6.45, 7) is 0. The van der Waals surface area contributed by atoms with Gasteiger partial charge in [-0.3, -0.25) is 4.98 Å². The summed E-state index contributed by atoms with van der Waals surface area (Å²) in [5.74, 6) is 0. The van der Waals surface area contributed by atoms with E-state index < -0.39 is 0 Å². The SMILES string of the molecule is c1ccc(-c2ccc3ccc4ccc(-c5ccc(-c6nc7ccccc7c7c6ccc6nc(-c8ccccc8)c(-c8ccccc8)nc67)cc5)nc4c3n2)cc1.c1ccc(-c2nc3ccc4c(-c5ccc(-c6ccc7ccc8cccnc8c7n6)cc5)nc5ccccc5c4c3nc2-c2ccccc2)cc1. The fourth-order valence-corrected chi connectivity index (χ4v) is 14.9. The highest BCUT2D eigenvalue weighted by Crippen LogP contribution is 2.43. The molecule has 0 aliphatic carbocycles. The van der Waals surface area contributed by atoms with Crippen LogP contribution in [0.4, 0.5) is 0 Å². The zero-order valence-electron chi connectivity index (χ0n) is 57.0. The van der Waals surface area contributed by atoms with Crippen molar-refractivity contribution in [1.82, 2.24) is 49.8 Å². The maximum absolute atomic E-state index is 5.45. The van der Waals surface area contributed by atoms with Crippen LogP contribution in [0.25, 0.3) is 210 Å². The highest BCUT2D eigenvalue weighted by molar-refractivity contribution is 6.23. The van der Waals surface area contributed by atoms with E-state index in [1.165, 1.54) is 0 Å². The molecule has 0 saturated heterocycles. The summed E-state index contributed by atoms with van der Waals surface area (Å²) < 4.78 is 0. The van der Waals surface area contributed by atoms with Crippen molar-refractivity contribution in [2.45, 2.75) is 0 Å². The van der Waals surface area contributed by atoms with E-state index in [0.29, 0.717) is 0 Å². The Hall–Kier alpha value is -14.5. The molecular weight excluding hydrogens is 1290 g/mol. The molecule has 21 rings (SSSR count). The van der Waals surface area contributed by atoms with Crippen LogP contribution in [0.3, 0.4) is 0 Å². The predicted octanol–water partition coefficient (Wildman–Crippen LogP) is 23.9. The van der Waals surface area contributed by atoms with Crippen LogP contribution in [-0.2, 0) is 0 Å². The predicted molar refractivity (Wildman–Crippen MR) is 435 cm³/mol. The summed E-state index contributed by atoms with van der Waals surface area (Å²) in [5.41, 5.74) is 26.1. The molecule has 0 N–H and O–H groups in total. The van der Waals surface area contributed by atoms with Gasteiger partial charge in [0.25, 0.3) is 0 Å².